The Labute approximate surface area is 90.8 Å². The van der Waals surface area contributed by atoms with E-state index in [1.165, 1.54) is 0 Å². The molecule has 0 radical (unpaired) electrons. The molecule has 0 aromatic rings. The van der Waals surface area contributed by atoms with Gasteiger partial charge in [0.2, 0.25) is 0 Å². The largest absolute Gasteiger partial charge is 0.481 e. The first-order valence-electron chi connectivity index (χ1n) is 5.78. The number of carboxylic acids is 1. The SMILES string of the molecule is NCCCCC(CC1CCCO1)C(=O)O. The Morgan fingerprint density at radius 3 is 2.87 bits per heavy atom. The van der Waals surface area contributed by atoms with Crippen LogP contribution in [0.2, 0.25) is 0 Å². The maximum absolute atomic E-state index is 11.0. The van der Waals surface area contributed by atoms with Crippen molar-refractivity contribution < 1.29 is 14.6 Å². The van der Waals surface area contributed by atoms with Crippen molar-refractivity contribution >= 4 is 5.97 Å². The number of aliphatic carboxylic acids is 1. The van der Waals surface area contributed by atoms with Crippen LogP contribution < -0.4 is 5.73 Å². The number of rotatable bonds is 7. The van der Waals surface area contributed by atoms with Crippen molar-refractivity contribution in [3.63, 3.8) is 0 Å². The van der Waals surface area contributed by atoms with Crippen molar-refractivity contribution in [3.8, 4) is 0 Å². The summed E-state index contributed by atoms with van der Waals surface area (Å²) in [5.74, 6) is -0.942. The van der Waals surface area contributed by atoms with Crippen LogP contribution in [0.4, 0.5) is 0 Å². The van der Waals surface area contributed by atoms with Gasteiger partial charge in [0.05, 0.1) is 12.0 Å². The highest BCUT2D eigenvalue weighted by Gasteiger charge is 2.24. The summed E-state index contributed by atoms with van der Waals surface area (Å²) in [4.78, 5) is 11.0. The van der Waals surface area contributed by atoms with E-state index >= 15 is 0 Å². The number of hydrogen-bond donors (Lipinski definition) is 2. The molecule has 0 saturated carbocycles. The van der Waals surface area contributed by atoms with E-state index in [9.17, 15) is 4.79 Å². The van der Waals surface area contributed by atoms with Gasteiger partial charge >= 0.3 is 5.97 Å². The quantitative estimate of drug-likeness (QED) is 0.629. The van der Waals surface area contributed by atoms with E-state index in [1.807, 2.05) is 0 Å². The Hall–Kier alpha value is -0.610. The van der Waals surface area contributed by atoms with Gasteiger partial charge in [-0.1, -0.05) is 6.42 Å². The van der Waals surface area contributed by atoms with Crippen LogP contribution >= 0.6 is 0 Å². The zero-order chi connectivity index (χ0) is 11.1. The predicted octanol–water partition coefficient (Wildman–Crippen LogP) is 1.39. The molecule has 1 saturated heterocycles. The molecule has 15 heavy (non-hydrogen) atoms. The third-order valence-corrected chi connectivity index (χ3v) is 2.93. The summed E-state index contributed by atoms with van der Waals surface area (Å²) in [6.07, 6.45) is 5.46. The molecule has 0 aliphatic carbocycles. The normalized spacial score (nSPS) is 22.9. The third kappa shape index (κ3) is 4.62. The van der Waals surface area contributed by atoms with Crippen molar-refractivity contribution in [2.75, 3.05) is 13.2 Å². The highest BCUT2D eigenvalue weighted by molar-refractivity contribution is 5.69. The fourth-order valence-corrected chi connectivity index (χ4v) is 2.02. The first kappa shape index (κ1) is 12.5. The molecule has 0 amide bonds. The molecule has 88 valence electrons. The third-order valence-electron chi connectivity index (χ3n) is 2.93. The summed E-state index contributed by atoms with van der Waals surface area (Å²) >= 11 is 0. The predicted molar refractivity (Wildman–Crippen MR) is 57.6 cm³/mol. The van der Waals surface area contributed by atoms with E-state index in [-0.39, 0.29) is 12.0 Å². The van der Waals surface area contributed by atoms with Crippen molar-refractivity contribution in [1.29, 1.82) is 0 Å². The van der Waals surface area contributed by atoms with Crippen LogP contribution in [0.15, 0.2) is 0 Å². The van der Waals surface area contributed by atoms with Crippen LogP contribution in [0.1, 0.15) is 38.5 Å². The molecule has 1 fully saturated rings. The number of unbranched alkanes of at least 4 members (excludes halogenated alkanes) is 1. The molecule has 1 aliphatic rings. The van der Waals surface area contributed by atoms with E-state index in [1.54, 1.807) is 0 Å². The van der Waals surface area contributed by atoms with Gasteiger partial charge in [0.1, 0.15) is 0 Å². The highest BCUT2D eigenvalue weighted by atomic mass is 16.5. The molecule has 0 aromatic carbocycles. The second-order valence-electron chi connectivity index (χ2n) is 4.19. The Balaban J connectivity index is 2.26. The summed E-state index contributed by atoms with van der Waals surface area (Å²) in [7, 11) is 0. The minimum atomic E-state index is -0.692. The van der Waals surface area contributed by atoms with Gasteiger partial charge in [0.25, 0.3) is 0 Å². The summed E-state index contributed by atoms with van der Waals surface area (Å²) in [5.41, 5.74) is 5.38. The van der Waals surface area contributed by atoms with E-state index in [4.69, 9.17) is 15.6 Å². The second kappa shape index (κ2) is 6.80. The van der Waals surface area contributed by atoms with E-state index in [0.717, 1.165) is 38.7 Å². The molecule has 1 rings (SSSR count). The summed E-state index contributed by atoms with van der Waals surface area (Å²) in [5, 5.41) is 9.05. The fourth-order valence-electron chi connectivity index (χ4n) is 2.02. The topological polar surface area (TPSA) is 72.5 Å². The molecule has 2 unspecified atom stereocenters. The van der Waals surface area contributed by atoms with Crippen LogP contribution in [0.3, 0.4) is 0 Å². The van der Waals surface area contributed by atoms with Crippen LogP contribution in [0, 0.1) is 5.92 Å². The van der Waals surface area contributed by atoms with Gasteiger partial charge in [-0.05, 0) is 38.6 Å². The van der Waals surface area contributed by atoms with Gasteiger partial charge in [-0.2, -0.15) is 0 Å². The lowest BCUT2D eigenvalue weighted by molar-refractivity contribution is -0.143. The van der Waals surface area contributed by atoms with E-state index in [2.05, 4.69) is 0 Å². The van der Waals surface area contributed by atoms with E-state index < -0.39 is 5.97 Å². The first-order valence-corrected chi connectivity index (χ1v) is 5.78. The molecule has 4 heteroatoms. The monoisotopic (exact) mass is 215 g/mol. The van der Waals surface area contributed by atoms with Crippen LogP contribution in [0.25, 0.3) is 0 Å². The maximum Gasteiger partial charge on any atom is 0.306 e. The first-order chi connectivity index (χ1) is 7.24. The molecule has 4 nitrogen and oxygen atoms in total. The minimum absolute atomic E-state index is 0.170. The minimum Gasteiger partial charge on any atom is -0.481 e. The van der Waals surface area contributed by atoms with Crippen LogP contribution in [0.5, 0.6) is 0 Å². The standard InChI is InChI=1S/C11H21NO3/c12-6-2-1-4-9(11(13)14)8-10-5-3-7-15-10/h9-10H,1-8,12H2,(H,13,14). The molecule has 1 heterocycles. The fraction of sp³-hybridized carbons (Fsp3) is 0.909. The lowest BCUT2D eigenvalue weighted by atomic mass is 9.94. The number of nitrogens with two attached hydrogens (primary N) is 1. The van der Waals surface area contributed by atoms with Gasteiger partial charge in [-0.25, -0.2) is 0 Å². The molecule has 0 bridgehead atoms. The molecular formula is C11H21NO3. The lowest BCUT2D eigenvalue weighted by Crippen LogP contribution is -2.20. The maximum atomic E-state index is 11.0. The van der Waals surface area contributed by atoms with Gasteiger partial charge in [-0.3, -0.25) is 4.79 Å². The molecular weight excluding hydrogens is 194 g/mol. The van der Waals surface area contributed by atoms with Crippen molar-refractivity contribution in [1.82, 2.24) is 0 Å². The smallest absolute Gasteiger partial charge is 0.306 e. The number of ether oxygens (including phenoxy) is 1. The van der Waals surface area contributed by atoms with Gasteiger partial charge in [0, 0.05) is 6.61 Å². The number of carboxylic acid groups (broad SMARTS) is 1. The highest BCUT2D eigenvalue weighted by Crippen LogP contribution is 2.23. The Morgan fingerprint density at radius 1 is 1.53 bits per heavy atom. The molecule has 1 aliphatic heterocycles. The average molecular weight is 215 g/mol. The zero-order valence-corrected chi connectivity index (χ0v) is 9.15. The van der Waals surface area contributed by atoms with Crippen LogP contribution in [-0.2, 0) is 9.53 Å². The lowest BCUT2D eigenvalue weighted by Gasteiger charge is -2.16. The molecule has 2 atom stereocenters. The Kier molecular flexibility index (Phi) is 5.65. The van der Waals surface area contributed by atoms with Gasteiger partial charge in [0.15, 0.2) is 0 Å². The van der Waals surface area contributed by atoms with Crippen LogP contribution in [-0.4, -0.2) is 30.3 Å². The molecule has 0 aromatic heterocycles. The van der Waals surface area contributed by atoms with Crippen molar-refractivity contribution in [2.45, 2.75) is 44.6 Å². The average Bonchev–Trinajstić information content (AvgIpc) is 2.69. The van der Waals surface area contributed by atoms with Crippen molar-refractivity contribution in [3.05, 3.63) is 0 Å². The van der Waals surface area contributed by atoms with Crippen molar-refractivity contribution in [2.24, 2.45) is 11.7 Å². The van der Waals surface area contributed by atoms with Gasteiger partial charge < -0.3 is 15.6 Å². The Morgan fingerprint density at radius 2 is 2.33 bits per heavy atom. The van der Waals surface area contributed by atoms with Gasteiger partial charge in [-0.15, -0.1) is 0 Å². The van der Waals surface area contributed by atoms with E-state index in [0.29, 0.717) is 13.0 Å². The summed E-state index contributed by atoms with van der Waals surface area (Å²) in [6, 6.07) is 0. The molecule has 3 N–H and O–H groups in total. The summed E-state index contributed by atoms with van der Waals surface area (Å²) < 4.78 is 5.45. The second-order valence-corrected chi connectivity index (χ2v) is 4.19. The number of hydrogen-bond acceptors (Lipinski definition) is 3. The molecule has 0 spiro atoms. The zero-order valence-electron chi connectivity index (χ0n) is 9.15. The summed E-state index contributed by atoms with van der Waals surface area (Å²) in [6.45, 7) is 1.44. The Bertz CT molecular complexity index is 190. The number of carbonyl (C=O) groups is 1.